The summed E-state index contributed by atoms with van der Waals surface area (Å²) in [6.45, 7) is 3.97. The quantitative estimate of drug-likeness (QED) is 0.716. The second kappa shape index (κ2) is 6.87. The van der Waals surface area contributed by atoms with E-state index in [9.17, 15) is 8.42 Å². The predicted molar refractivity (Wildman–Crippen MR) is 70.0 cm³/mol. The van der Waals surface area contributed by atoms with Crippen LogP contribution in [0.2, 0.25) is 0 Å². The fraction of sp³-hybridized carbons (Fsp3) is 0.538. The highest BCUT2D eigenvalue weighted by Gasteiger charge is 2.17. The van der Waals surface area contributed by atoms with Crippen LogP contribution in [0.3, 0.4) is 0 Å². The zero-order valence-electron chi connectivity index (χ0n) is 11.0. The van der Waals surface area contributed by atoms with Crippen molar-refractivity contribution in [2.75, 3.05) is 13.7 Å². The van der Waals surface area contributed by atoms with Crippen LogP contribution in [0.4, 0.5) is 0 Å². The molecule has 0 aliphatic carbocycles. The molecule has 5 heteroatoms. The molecule has 0 saturated carbocycles. The van der Waals surface area contributed by atoms with E-state index in [-0.39, 0.29) is 17.6 Å². The monoisotopic (exact) mass is 272 g/mol. The lowest BCUT2D eigenvalue weighted by molar-refractivity contribution is 0.0537. The minimum atomic E-state index is -3.68. The van der Waals surface area contributed by atoms with E-state index in [2.05, 4.69) is 0 Å². The number of ether oxygens (including phenoxy) is 1. The van der Waals surface area contributed by atoms with Crippen LogP contribution < -0.4 is 0 Å². The largest absolute Gasteiger partial charge is 0.379 e. The molecule has 1 aromatic carbocycles. The maximum Gasteiger partial charge on any atom is 0.297 e. The molecular formula is C13H20O4S. The first kappa shape index (κ1) is 15.1. The Bertz CT molecular complexity index is 450. The van der Waals surface area contributed by atoms with Crippen molar-refractivity contribution in [1.29, 1.82) is 0 Å². The van der Waals surface area contributed by atoms with Gasteiger partial charge in [-0.1, -0.05) is 31.0 Å². The number of hydrogen-bond donors (Lipinski definition) is 0. The molecule has 4 nitrogen and oxygen atoms in total. The lowest BCUT2D eigenvalue weighted by atomic mass is 10.2. The summed E-state index contributed by atoms with van der Waals surface area (Å²) in [7, 11) is -2.12. The molecule has 0 heterocycles. The molecule has 18 heavy (non-hydrogen) atoms. The minimum Gasteiger partial charge on any atom is -0.379 e. The lowest BCUT2D eigenvalue weighted by Gasteiger charge is -2.14. The van der Waals surface area contributed by atoms with Crippen LogP contribution in [0.25, 0.3) is 0 Å². The summed E-state index contributed by atoms with van der Waals surface area (Å²) in [5.41, 5.74) is 1.01. The summed E-state index contributed by atoms with van der Waals surface area (Å²) in [6.07, 6.45) is 1.52. The standard InChI is InChI=1S/C13H20O4S/c1-4-5-12(16-3)10-17-18(14,15)13-8-6-11(2)7-9-13/h6-9,12H,4-5,10H2,1-3H3. The molecule has 1 rings (SSSR count). The first-order valence-corrected chi connectivity index (χ1v) is 7.39. The van der Waals surface area contributed by atoms with Crippen molar-refractivity contribution in [3.05, 3.63) is 29.8 Å². The van der Waals surface area contributed by atoms with Crippen LogP contribution in [0.1, 0.15) is 25.3 Å². The fourth-order valence-electron chi connectivity index (χ4n) is 1.53. The normalized spacial score (nSPS) is 13.5. The first-order chi connectivity index (χ1) is 8.49. The van der Waals surface area contributed by atoms with Crippen molar-refractivity contribution < 1.29 is 17.3 Å². The van der Waals surface area contributed by atoms with Gasteiger partial charge in [-0.2, -0.15) is 8.42 Å². The average Bonchev–Trinajstić information content (AvgIpc) is 2.35. The summed E-state index contributed by atoms with van der Waals surface area (Å²) in [4.78, 5) is 0.180. The lowest BCUT2D eigenvalue weighted by Crippen LogP contribution is -2.21. The van der Waals surface area contributed by atoms with Crippen molar-refractivity contribution in [3.8, 4) is 0 Å². The zero-order chi connectivity index (χ0) is 13.6. The van der Waals surface area contributed by atoms with E-state index in [1.165, 1.54) is 0 Å². The van der Waals surface area contributed by atoms with E-state index in [1.807, 2.05) is 13.8 Å². The van der Waals surface area contributed by atoms with E-state index >= 15 is 0 Å². The van der Waals surface area contributed by atoms with Crippen LogP contribution in [-0.2, 0) is 19.0 Å². The first-order valence-electron chi connectivity index (χ1n) is 5.98. The SMILES string of the molecule is CCCC(COS(=O)(=O)c1ccc(C)cc1)OC. The molecular weight excluding hydrogens is 252 g/mol. The highest BCUT2D eigenvalue weighted by Crippen LogP contribution is 2.14. The van der Waals surface area contributed by atoms with Gasteiger partial charge in [0.2, 0.25) is 0 Å². The number of methoxy groups -OCH3 is 1. The molecule has 0 aromatic heterocycles. The summed E-state index contributed by atoms with van der Waals surface area (Å²) in [6, 6.07) is 6.59. The summed E-state index contributed by atoms with van der Waals surface area (Å²) in [5, 5.41) is 0. The number of hydrogen-bond acceptors (Lipinski definition) is 4. The fourth-order valence-corrected chi connectivity index (χ4v) is 2.47. The van der Waals surface area contributed by atoms with Gasteiger partial charge in [-0.3, -0.25) is 4.18 Å². The molecule has 0 amide bonds. The molecule has 0 fully saturated rings. The molecule has 0 spiro atoms. The summed E-state index contributed by atoms with van der Waals surface area (Å²) in [5.74, 6) is 0. The molecule has 0 aliphatic heterocycles. The third-order valence-electron chi connectivity index (χ3n) is 2.66. The second-order valence-electron chi connectivity index (χ2n) is 4.20. The molecule has 1 atom stereocenters. The number of aryl methyl sites for hydroxylation is 1. The Morgan fingerprint density at radius 2 is 1.83 bits per heavy atom. The molecule has 0 radical (unpaired) electrons. The van der Waals surface area contributed by atoms with Crippen molar-refractivity contribution in [1.82, 2.24) is 0 Å². The molecule has 0 aliphatic rings. The number of benzene rings is 1. The molecule has 0 bridgehead atoms. The van der Waals surface area contributed by atoms with Crippen molar-refractivity contribution >= 4 is 10.1 Å². The predicted octanol–water partition coefficient (Wildman–Crippen LogP) is 2.52. The Kier molecular flexibility index (Phi) is 5.78. The van der Waals surface area contributed by atoms with E-state index < -0.39 is 10.1 Å². The van der Waals surface area contributed by atoms with Gasteiger partial charge in [0, 0.05) is 7.11 Å². The molecule has 0 N–H and O–H groups in total. The maximum atomic E-state index is 11.9. The Morgan fingerprint density at radius 1 is 1.22 bits per heavy atom. The van der Waals surface area contributed by atoms with E-state index in [4.69, 9.17) is 8.92 Å². The Hall–Kier alpha value is -0.910. The third kappa shape index (κ3) is 4.40. The van der Waals surface area contributed by atoms with Gasteiger partial charge in [0.05, 0.1) is 17.6 Å². The van der Waals surface area contributed by atoms with Crippen molar-refractivity contribution in [2.24, 2.45) is 0 Å². The Labute approximate surface area is 109 Å². The van der Waals surface area contributed by atoms with Crippen LogP contribution in [-0.4, -0.2) is 28.2 Å². The highest BCUT2D eigenvalue weighted by molar-refractivity contribution is 7.86. The van der Waals surface area contributed by atoms with Crippen LogP contribution in [0.5, 0.6) is 0 Å². The maximum absolute atomic E-state index is 11.9. The average molecular weight is 272 g/mol. The van der Waals surface area contributed by atoms with Crippen LogP contribution >= 0.6 is 0 Å². The highest BCUT2D eigenvalue weighted by atomic mass is 32.2. The van der Waals surface area contributed by atoms with Crippen LogP contribution in [0, 0.1) is 6.92 Å². The van der Waals surface area contributed by atoms with E-state index in [1.54, 1.807) is 31.4 Å². The smallest absolute Gasteiger partial charge is 0.297 e. The van der Waals surface area contributed by atoms with Gasteiger partial charge in [-0.15, -0.1) is 0 Å². The van der Waals surface area contributed by atoms with Gasteiger partial charge in [-0.25, -0.2) is 0 Å². The van der Waals surface area contributed by atoms with E-state index in [0.717, 1.165) is 18.4 Å². The zero-order valence-corrected chi connectivity index (χ0v) is 11.9. The second-order valence-corrected chi connectivity index (χ2v) is 5.81. The summed E-state index contributed by atoms with van der Waals surface area (Å²) >= 11 is 0. The molecule has 0 saturated heterocycles. The van der Waals surface area contributed by atoms with E-state index in [0.29, 0.717) is 0 Å². The minimum absolute atomic E-state index is 0.0561. The van der Waals surface area contributed by atoms with Gasteiger partial charge >= 0.3 is 0 Å². The third-order valence-corrected chi connectivity index (χ3v) is 3.96. The van der Waals surface area contributed by atoms with Gasteiger partial charge in [0.25, 0.3) is 10.1 Å². The van der Waals surface area contributed by atoms with Gasteiger partial charge in [0.15, 0.2) is 0 Å². The van der Waals surface area contributed by atoms with Crippen molar-refractivity contribution in [3.63, 3.8) is 0 Å². The topological polar surface area (TPSA) is 52.6 Å². The van der Waals surface area contributed by atoms with Crippen molar-refractivity contribution in [2.45, 2.75) is 37.7 Å². The summed E-state index contributed by atoms with van der Waals surface area (Å²) < 4.78 is 33.9. The van der Waals surface area contributed by atoms with Crippen LogP contribution in [0.15, 0.2) is 29.2 Å². The van der Waals surface area contributed by atoms with Gasteiger partial charge < -0.3 is 4.74 Å². The van der Waals surface area contributed by atoms with Gasteiger partial charge in [0.1, 0.15) is 0 Å². The Morgan fingerprint density at radius 3 is 2.33 bits per heavy atom. The Balaban J connectivity index is 2.67. The molecule has 102 valence electrons. The number of rotatable bonds is 7. The van der Waals surface area contributed by atoms with Gasteiger partial charge in [-0.05, 0) is 25.5 Å². The molecule has 1 aromatic rings. The molecule has 1 unspecified atom stereocenters.